The quantitative estimate of drug-likeness (QED) is 0.682. The molecule has 0 aliphatic carbocycles. The standard InChI is InChI=1S/C13H13N5/c1-7-3-4-9-8(2)12(16-10(9)5-7)11-6-15-18-13(14)17-11/h3-6,16H,1-2H3,(H2,14,17,18). The minimum atomic E-state index is 0.182. The van der Waals surface area contributed by atoms with Crippen molar-refractivity contribution in [2.45, 2.75) is 13.8 Å². The highest BCUT2D eigenvalue weighted by molar-refractivity contribution is 5.90. The molecule has 0 aliphatic rings. The molecule has 1 aromatic carbocycles. The molecule has 0 spiro atoms. The molecule has 3 rings (SSSR count). The number of hydrogen-bond donors (Lipinski definition) is 2. The number of hydrogen-bond acceptors (Lipinski definition) is 4. The highest BCUT2D eigenvalue weighted by atomic mass is 15.2. The molecule has 0 saturated heterocycles. The van der Waals surface area contributed by atoms with Gasteiger partial charge in [0.25, 0.3) is 0 Å². The van der Waals surface area contributed by atoms with Crippen LogP contribution in [0.2, 0.25) is 0 Å². The lowest BCUT2D eigenvalue weighted by atomic mass is 10.1. The summed E-state index contributed by atoms with van der Waals surface area (Å²) >= 11 is 0. The van der Waals surface area contributed by atoms with E-state index in [0.717, 1.165) is 16.8 Å². The van der Waals surface area contributed by atoms with Crippen LogP contribution in [0, 0.1) is 13.8 Å². The normalized spacial score (nSPS) is 11.0. The Morgan fingerprint density at radius 2 is 2.06 bits per heavy atom. The van der Waals surface area contributed by atoms with Gasteiger partial charge in [0.05, 0.1) is 11.9 Å². The van der Waals surface area contributed by atoms with Crippen molar-refractivity contribution in [2.24, 2.45) is 0 Å². The second-order valence-electron chi connectivity index (χ2n) is 4.37. The minimum absolute atomic E-state index is 0.182. The Bertz CT molecular complexity index is 729. The summed E-state index contributed by atoms with van der Waals surface area (Å²) in [6.07, 6.45) is 1.61. The number of aryl methyl sites for hydroxylation is 2. The molecular formula is C13H13N5. The third kappa shape index (κ3) is 1.60. The molecule has 18 heavy (non-hydrogen) atoms. The zero-order chi connectivity index (χ0) is 12.7. The van der Waals surface area contributed by atoms with Crippen LogP contribution in [0.1, 0.15) is 11.1 Å². The molecule has 0 unspecified atom stereocenters. The van der Waals surface area contributed by atoms with Crippen molar-refractivity contribution in [1.82, 2.24) is 20.2 Å². The molecular weight excluding hydrogens is 226 g/mol. The van der Waals surface area contributed by atoms with E-state index in [4.69, 9.17) is 5.73 Å². The monoisotopic (exact) mass is 239 g/mol. The van der Waals surface area contributed by atoms with Crippen LogP contribution in [0.15, 0.2) is 24.4 Å². The number of fused-ring (bicyclic) bond motifs is 1. The highest BCUT2D eigenvalue weighted by Gasteiger charge is 2.11. The van der Waals surface area contributed by atoms with Crippen LogP contribution >= 0.6 is 0 Å². The molecule has 0 saturated carbocycles. The maximum Gasteiger partial charge on any atom is 0.240 e. The predicted octanol–water partition coefficient (Wildman–Crippen LogP) is 2.22. The molecule has 90 valence electrons. The molecule has 0 fully saturated rings. The Morgan fingerprint density at radius 3 is 2.83 bits per heavy atom. The number of nitrogens with two attached hydrogens (primary N) is 1. The SMILES string of the molecule is Cc1ccc2c(C)c(-c3cnnc(N)n3)[nH]c2c1. The zero-order valence-corrected chi connectivity index (χ0v) is 10.2. The van der Waals surface area contributed by atoms with E-state index < -0.39 is 0 Å². The molecule has 0 amide bonds. The molecule has 3 N–H and O–H groups in total. The van der Waals surface area contributed by atoms with Gasteiger partial charge in [-0.05, 0) is 31.0 Å². The molecule has 5 nitrogen and oxygen atoms in total. The third-order valence-corrected chi connectivity index (χ3v) is 3.05. The second kappa shape index (κ2) is 3.80. The molecule has 5 heteroatoms. The van der Waals surface area contributed by atoms with Crippen LogP contribution in [-0.4, -0.2) is 20.2 Å². The lowest BCUT2D eigenvalue weighted by molar-refractivity contribution is 0.986. The number of nitrogens with zero attached hydrogens (tertiary/aromatic N) is 3. The highest BCUT2D eigenvalue weighted by Crippen LogP contribution is 2.28. The fraction of sp³-hybridized carbons (Fsp3) is 0.154. The summed E-state index contributed by atoms with van der Waals surface area (Å²) in [7, 11) is 0. The zero-order valence-electron chi connectivity index (χ0n) is 10.2. The smallest absolute Gasteiger partial charge is 0.240 e. The lowest BCUT2D eigenvalue weighted by Gasteiger charge is -1.98. The van der Waals surface area contributed by atoms with Crippen LogP contribution in [0.25, 0.3) is 22.3 Å². The summed E-state index contributed by atoms with van der Waals surface area (Å²) in [5.41, 5.74) is 10.7. The van der Waals surface area contributed by atoms with Crippen molar-refractivity contribution in [3.8, 4) is 11.4 Å². The van der Waals surface area contributed by atoms with Crippen LogP contribution in [0.3, 0.4) is 0 Å². The van der Waals surface area contributed by atoms with Gasteiger partial charge in [0.2, 0.25) is 5.95 Å². The van der Waals surface area contributed by atoms with E-state index in [2.05, 4.69) is 52.2 Å². The number of nitrogens with one attached hydrogen (secondary N) is 1. The van der Waals surface area contributed by atoms with Gasteiger partial charge in [0, 0.05) is 10.9 Å². The van der Waals surface area contributed by atoms with E-state index in [1.54, 1.807) is 6.20 Å². The summed E-state index contributed by atoms with van der Waals surface area (Å²) in [4.78, 5) is 7.56. The number of aromatic amines is 1. The number of rotatable bonds is 1. The van der Waals surface area contributed by atoms with Gasteiger partial charge in [-0.1, -0.05) is 12.1 Å². The van der Waals surface area contributed by atoms with E-state index in [-0.39, 0.29) is 5.95 Å². The number of anilines is 1. The average Bonchev–Trinajstić information content (AvgIpc) is 2.66. The summed E-state index contributed by atoms with van der Waals surface area (Å²) in [6.45, 7) is 4.13. The molecule has 0 atom stereocenters. The number of nitrogen functional groups attached to an aromatic ring is 1. The molecule has 0 radical (unpaired) electrons. The van der Waals surface area contributed by atoms with Crippen molar-refractivity contribution in [3.63, 3.8) is 0 Å². The van der Waals surface area contributed by atoms with Crippen molar-refractivity contribution in [3.05, 3.63) is 35.5 Å². The van der Waals surface area contributed by atoms with Crippen molar-refractivity contribution in [2.75, 3.05) is 5.73 Å². The Morgan fingerprint density at radius 1 is 1.22 bits per heavy atom. The van der Waals surface area contributed by atoms with Gasteiger partial charge in [-0.3, -0.25) is 0 Å². The third-order valence-electron chi connectivity index (χ3n) is 3.05. The first kappa shape index (κ1) is 10.7. The Balaban J connectivity index is 2.27. The maximum atomic E-state index is 5.57. The largest absolute Gasteiger partial charge is 0.366 e. The van der Waals surface area contributed by atoms with E-state index in [9.17, 15) is 0 Å². The van der Waals surface area contributed by atoms with Gasteiger partial charge in [-0.2, -0.15) is 5.10 Å². The summed E-state index contributed by atoms with van der Waals surface area (Å²) in [6, 6.07) is 6.32. The Labute approximate surface area is 104 Å². The van der Waals surface area contributed by atoms with Crippen molar-refractivity contribution in [1.29, 1.82) is 0 Å². The van der Waals surface area contributed by atoms with E-state index >= 15 is 0 Å². The van der Waals surface area contributed by atoms with Crippen LogP contribution in [-0.2, 0) is 0 Å². The average molecular weight is 239 g/mol. The van der Waals surface area contributed by atoms with Crippen LogP contribution < -0.4 is 5.73 Å². The van der Waals surface area contributed by atoms with Crippen molar-refractivity contribution < 1.29 is 0 Å². The summed E-state index contributed by atoms with van der Waals surface area (Å²) in [5.74, 6) is 0.182. The van der Waals surface area contributed by atoms with Gasteiger partial charge in [0.15, 0.2) is 0 Å². The van der Waals surface area contributed by atoms with Gasteiger partial charge in [-0.15, -0.1) is 5.10 Å². The number of benzene rings is 1. The minimum Gasteiger partial charge on any atom is -0.366 e. The number of H-pyrrole nitrogens is 1. The second-order valence-corrected chi connectivity index (χ2v) is 4.37. The number of aromatic nitrogens is 4. The van der Waals surface area contributed by atoms with Crippen LogP contribution in [0.5, 0.6) is 0 Å². The summed E-state index contributed by atoms with van der Waals surface area (Å²) < 4.78 is 0. The molecule has 2 heterocycles. The lowest BCUT2D eigenvalue weighted by Crippen LogP contribution is -1.98. The fourth-order valence-corrected chi connectivity index (χ4v) is 2.15. The maximum absolute atomic E-state index is 5.57. The van der Waals surface area contributed by atoms with Crippen molar-refractivity contribution >= 4 is 16.9 Å². The topological polar surface area (TPSA) is 80.5 Å². The van der Waals surface area contributed by atoms with E-state index in [1.807, 2.05) is 0 Å². The molecule has 3 aromatic rings. The first-order valence-electron chi connectivity index (χ1n) is 5.69. The Kier molecular flexibility index (Phi) is 2.26. The van der Waals surface area contributed by atoms with Crippen LogP contribution in [0.4, 0.5) is 5.95 Å². The molecule has 0 aliphatic heterocycles. The van der Waals surface area contributed by atoms with E-state index in [0.29, 0.717) is 5.69 Å². The first-order valence-corrected chi connectivity index (χ1v) is 5.69. The van der Waals surface area contributed by atoms with Gasteiger partial charge >= 0.3 is 0 Å². The van der Waals surface area contributed by atoms with Gasteiger partial charge in [-0.25, -0.2) is 4.98 Å². The van der Waals surface area contributed by atoms with Gasteiger partial charge in [0.1, 0.15) is 5.69 Å². The molecule has 2 aromatic heterocycles. The fourth-order valence-electron chi connectivity index (χ4n) is 2.15. The first-order chi connectivity index (χ1) is 8.65. The van der Waals surface area contributed by atoms with Gasteiger partial charge < -0.3 is 10.7 Å². The predicted molar refractivity (Wildman–Crippen MR) is 71.0 cm³/mol. The Hall–Kier alpha value is -2.43. The molecule has 0 bridgehead atoms. The summed E-state index contributed by atoms with van der Waals surface area (Å²) in [5, 5.41) is 8.69. The van der Waals surface area contributed by atoms with E-state index in [1.165, 1.54) is 10.9 Å².